The maximum atomic E-state index is 5.57. The first-order valence-corrected chi connectivity index (χ1v) is 4.81. The second-order valence-electron chi connectivity index (χ2n) is 3.37. The normalized spacial score (nSPS) is 10.1. The van der Waals surface area contributed by atoms with Crippen LogP contribution in [-0.4, -0.2) is 22.1 Å². The van der Waals surface area contributed by atoms with Gasteiger partial charge in [0.15, 0.2) is 5.82 Å². The summed E-state index contributed by atoms with van der Waals surface area (Å²) in [6, 6.07) is 8.07. The third-order valence-electron chi connectivity index (χ3n) is 2.09. The number of nitrogens with zero attached hydrogens (tertiary/aromatic N) is 3. The molecule has 0 radical (unpaired) electrons. The van der Waals surface area contributed by atoms with Crippen LogP contribution in [0.4, 0.5) is 5.95 Å². The molecule has 2 aromatic rings. The summed E-state index contributed by atoms with van der Waals surface area (Å²) in [7, 11) is 1.49. The summed E-state index contributed by atoms with van der Waals surface area (Å²) in [4.78, 5) is 12.0. The third kappa shape index (κ3) is 2.08. The number of anilines is 1. The van der Waals surface area contributed by atoms with E-state index < -0.39 is 0 Å². The zero-order chi connectivity index (χ0) is 11.5. The van der Waals surface area contributed by atoms with Crippen molar-refractivity contribution in [3.63, 3.8) is 0 Å². The Kier molecular flexibility index (Phi) is 2.68. The molecule has 16 heavy (non-hydrogen) atoms. The second-order valence-corrected chi connectivity index (χ2v) is 3.37. The van der Waals surface area contributed by atoms with E-state index in [4.69, 9.17) is 10.5 Å². The minimum Gasteiger partial charge on any atom is -0.467 e. The van der Waals surface area contributed by atoms with E-state index in [9.17, 15) is 0 Å². The molecule has 0 atom stereocenters. The summed E-state index contributed by atoms with van der Waals surface area (Å²) < 4.78 is 4.95. The number of aromatic nitrogens is 3. The van der Waals surface area contributed by atoms with Crippen LogP contribution >= 0.6 is 0 Å². The van der Waals surface area contributed by atoms with Crippen LogP contribution in [0.1, 0.15) is 5.56 Å². The number of ether oxygens (including phenoxy) is 1. The lowest BCUT2D eigenvalue weighted by molar-refractivity contribution is 0.379. The fraction of sp³-hybridized carbons (Fsp3) is 0.182. The molecule has 1 heterocycles. The molecule has 0 aliphatic heterocycles. The highest BCUT2D eigenvalue weighted by Crippen LogP contribution is 2.18. The smallest absolute Gasteiger partial charge is 0.321 e. The largest absolute Gasteiger partial charge is 0.467 e. The minimum absolute atomic E-state index is 0.156. The lowest BCUT2D eigenvalue weighted by Gasteiger charge is -2.04. The van der Waals surface area contributed by atoms with E-state index in [1.165, 1.54) is 7.11 Å². The Morgan fingerprint density at radius 2 is 2.00 bits per heavy atom. The van der Waals surface area contributed by atoms with Gasteiger partial charge in [-0.05, 0) is 13.0 Å². The Balaban J connectivity index is 2.51. The molecule has 1 aromatic carbocycles. The van der Waals surface area contributed by atoms with Crippen molar-refractivity contribution in [1.29, 1.82) is 0 Å². The SMILES string of the molecule is COc1nc(N)nc(-c2cccc(C)c2)n1. The van der Waals surface area contributed by atoms with Crippen LogP contribution in [-0.2, 0) is 0 Å². The Morgan fingerprint density at radius 3 is 2.69 bits per heavy atom. The highest BCUT2D eigenvalue weighted by molar-refractivity contribution is 5.57. The van der Waals surface area contributed by atoms with Crippen molar-refractivity contribution in [3.05, 3.63) is 29.8 Å². The van der Waals surface area contributed by atoms with Crippen molar-refractivity contribution in [2.24, 2.45) is 0 Å². The maximum absolute atomic E-state index is 5.57. The van der Waals surface area contributed by atoms with E-state index in [1.54, 1.807) is 0 Å². The van der Waals surface area contributed by atoms with Crippen LogP contribution in [0.15, 0.2) is 24.3 Å². The summed E-state index contributed by atoms with van der Waals surface area (Å²) in [5, 5.41) is 0. The van der Waals surface area contributed by atoms with Crippen LogP contribution in [0, 0.1) is 6.92 Å². The van der Waals surface area contributed by atoms with E-state index in [2.05, 4.69) is 15.0 Å². The fourth-order valence-electron chi connectivity index (χ4n) is 1.38. The van der Waals surface area contributed by atoms with E-state index >= 15 is 0 Å². The molecule has 0 bridgehead atoms. The van der Waals surface area contributed by atoms with Gasteiger partial charge in [-0.2, -0.15) is 15.0 Å². The molecular formula is C11H12N4O. The lowest BCUT2D eigenvalue weighted by atomic mass is 10.1. The molecule has 0 unspecified atom stereocenters. The molecule has 0 aliphatic carbocycles. The molecule has 2 rings (SSSR count). The van der Waals surface area contributed by atoms with Gasteiger partial charge in [-0.15, -0.1) is 0 Å². The molecular weight excluding hydrogens is 204 g/mol. The molecule has 0 fully saturated rings. The van der Waals surface area contributed by atoms with E-state index in [0.29, 0.717) is 5.82 Å². The number of benzene rings is 1. The molecule has 0 spiro atoms. The van der Waals surface area contributed by atoms with Crippen molar-refractivity contribution >= 4 is 5.95 Å². The molecule has 5 nitrogen and oxygen atoms in total. The first kappa shape index (κ1) is 10.4. The van der Waals surface area contributed by atoms with E-state index in [0.717, 1.165) is 11.1 Å². The predicted molar refractivity (Wildman–Crippen MR) is 61.0 cm³/mol. The Morgan fingerprint density at radius 1 is 1.19 bits per heavy atom. The number of hydrogen-bond donors (Lipinski definition) is 1. The topological polar surface area (TPSA) is 73.9 Å². The summed E-state index contributed by atoms with van der Waals surface area (Å²) in [6.45, 7) is 2.01. The quantitative estimate of drug-likeness (QED) is 0.822. The molecule has 5 heteroatoms. The number of nitrogens with two attached hydrogens (primary N) is 1. The zero-order valence-corrected chi connectivity index (χ0v) is 9.14. The Labute approximate surface area is 93.3 Å². The highest BCUT2D eigenvalue weighted by atomic mass is 16.5. The van der Waals surface area contributed by atoms with Crippen molar-refractivity contribution in [2.75, 3.05) is 12.8 Å². The second kappa shape index (κ2) is 4.14. The molecule has 0 aliphatic rings. The van der Waals surface area contributed by atoms with Crippen molar-refractivity contribution in [1.82, 2.24) is 15.0 Å². The fourth-order valence-corrected chi connectivity index (χ4v) is 1.38. The zero-order valence-electron chi connectivity index (χ0n) is 9.14. The predicted octanol–water partition coefficient (Wildman–Crippen LogP) is 1.44. The van der Waals surface area contributed by atoms with E-state index in [1.807, 2.05) is 31.2 Å². The van der Waals surface area contributed by atoms with Gasteiger partial charge in [0.25, 0.3) is 0 Å². The Hall–Kier alpha value is -2.17. The molecule has 0 saturated carbocycles. The lowest BCUT2D eigenvalue weighted by Crippen LogP contribution is -2.02. The number of rotatable bonds is 2. The van der Waals surface area contributed by atoms with Crippen molar-refractivity contribution < 1.29 is 4.74 Å². The van der Waals surface area contributed by atoms with Crippen LogP contribution in [0.2, 0.25) is 0 Å². The summed E-state index contributed by atoms with van der Waals surface area (Å²) in [5.41, 5.74) is 7.60. The van der Waals surface area contributed by atoms with Gasteiger partial charge in [-0.1, -0.05) is 23.8 Å². The molecule has 2 N–H and O–H groups in total. The standard InChI is InChI=1S/C11H12N4O/c1-7-4-3-5-8(6-7)9-13-10(12)15-11(14-9)16-2/h3-6H,1-2H3,(H2,12,13,14,15). The number of hydrogen-bond acceptors (Lipinski definition) is 5. The van der Waals surface area contributed by atoms with Gasteiger partial charge in [0.1, 0.15) is 0 Å². The third-order valence-corrected chi connectivity index (χ3v) is 2.09. The summed E-state index contributed by atoms with van der Waals surface area (Å²) in [5.74, 6) is 0.677. The molecule has 1 aromatic heterocycles. The van der Waals surface area contributed by atoms with Gasteiger partial charge in [0, 0.05) is 5.56 Å². The van der Waals surface area contributed by atoms with Gasteiger partial charge in [-0.25, -0.2) is 0 Å². The first-order chi connectivity index (χ1) is 7.69. The van der Waals surface area contributed by atoms with Crippen LogP contribution in [0.3, 0.4) is 0 Å². The van der Waals surface area contributed by atoms with Gasteiger partial charge in [0.05, 0.1) is 7.11 Å². The van der Waals surface area contributed by atoms with E-state index in [-0.39, 0.29) is 12.0 Å². The van der Waals surface area contributed by atoms with Gasteiger partial charge in [0.2, 0.25) is 5.95 Å². The van der Waals surface area contributed by atoms with Crippen LogP contribution in [0.25, 0.3) is 11.4 Å². The average molecular weight is 216 g/mol. The molecule has 0 saturated heterocycles. The van der Waals surface area contributed by atoms with Gasteiger partial charge >= 0.3 is 6.01 Å². The van der Waals surface area contributed by atoms with Crippen molar-refractivity contribution in [2.45, 2.75) is 6.92 Å². The number of nitrogen functional groups attached to an aromatic ring is 1. The molecule has 0 amide bonds. The minimum atomic E-state index is 0.156. The number of aryl methyl sites for hydroxylation is 1. The first-order valence-electron chi connectivity index (χ1n) is 4.81. The van der Waals surface area contributed by atoms with Gasteiger partial charge in [-0.3, -0.25) is 0 Å². The Bertz CT molecular complexity index is 513. The maximum Gasteiger partial charge on any atom is 0.321 e. The summed E-state index contributed by atoms with van der Waals surface area (Å²) in [6.07, 6.45) is 0. The van der Waals surface area contributed by atoms with Gasteiger partial charge < -0.3 is 10.5 Å². The average Bonchev–Trinajstić information content (AvgIpc) is 2.28. The van der Waals surface area contributed by atoms with Crippen LogP contribution in [0.5, 0.6) is 6.01 Å². The highest BCUT2D eigenvalue weighted by Gasteiger charge is 2.06. The van der Waals surface area contributed by atoms with Crippen LogP contribution < -0.4 is 10.5 Å². The summed E-state index contributed by atoms with van der Waals surface area (Å²) >= 11 is 0. The number of methoxy groups -OCH3 is 1. The monoisotopic (exact) mass is 216 g/mol. The molecule has 82 valence electrons. The van der Waals surface area contributed by atoms with Crippen molar-refractivity contribution in [3.8, 4) is 17.4 Å².